The summed E-state index contributed by atoms with van der Waals surface area (Å²) in [5, 5.41) is 8.96. The lowest BCUT2D eigenvalue weighted by atomic mass is 9.74. The van der Waals surface area contributed by atoms with Gasteiger partial charge in [-0.05, 0) is 11.6 Å². The van der Waals surface area contributed by atoms with Gasteiger partial charge in [0.05, 0.1) is 37.3 Å². The minimum absolute atomic E-state index is 0.0668. The number of benzene rings is 2. The molecule has 4 saturated heterocycles. The Balaban J connectivity index is 1.53. The molecule has 27 heavy (non-hydrogen) atoms. The van der Waals surface area contributed by atoms with E-state index in [2.05, 4.69) is 37.0 Å². The van der Waals surface area contributed by atoms with Crippen molar-refractivity contribution in [3.8, 4) is 0 Å². The quantitative estimate of drug-likeness (QED) is 0.618. The van der Waals surface area contributed by atoms with Crippen molar-refractivity contribution in [2.45, 2.75) is 0 Å². The van der Waals surface area contributed by atoms with E-state index in [4.69, 9.17) is 0 Å². The molecule has 4 heterocycles. The Bertz CT molecular complexity index is 857. The molecule has 138 valence electrons. The molecule has 0 aromatic heterocycles. The van der Waals surface area contributed by atoms with Crippen molar-refractivity contribution in [3.63, 3.8) is 0 Å². The summed E-state index contributed by atoms with van der Waals surface area (Å²) in [5.74, 6) is -0.282. The van der Waals surface area contributed by atoms with Crippen LogP contribution in [0.3, 0.4) is 0 Å². The molecule has 0 saturated carbocycles. The normalized spacial score (nSPS) is 32.3. The van der Waals surface area contributed by atoms with Gasteiger partial charge < -0.3 is 0 Å². The molecule has 4 aliphatic heterocycles. The molecule has 0 atom stereocenters. The van der Waals surface area contributed by atoms with Crippen molar-refractivity contribution in [1.29, 1.82) is 0 Å². The number of rotatable bonds is 4. The molecule has 4 fully saturated rings. The zero-order valence-electron chi connectivity index (χ0n) is 15.1. The van der Waals surface area contributed by atoms with Crippen LogP contribution in [-0.2, 0) is 0 Å². The van der Waals surface area contributed by atoms with E-state index in [0.29, 0.717) is 5.56 Å². The molecule has 0 amide bonds. The van der Waals surface area contributed by atoms with Crippen LogP contribution in [0.2, 0.25) is 0 Å². The molecule has 0 aliphatic carbocycles. The number of nitrogens with zero attached hydrogens (tertiary/aromatic N) is 5. The summed E-state index contributed by atoms with van der Waals surface area (Å²) in [6.45, 7) is 6.05. The van der Waals surface area contributed by atoms with E-state index in [9.17, 15) is 4.39 Å². The van der Waals surface area contributed by atoms with Gasteiger partial charge >= 0.3 is 0 Å². The van der Waals surface area contributed by atoms with Crippen LogP contribution in [0.4, 0.5) is 4.39 Å². The van der Waals surface area contributed by atoms with Crippen molar-refractivity contribution in [2.75, 3.05) is 39.6 Å². The lowest BCUT2D eigenvalue weighted by Crippen LogP contribution is -2.74. The van der Waals surface area contributed by atoms with Crippen LogP contribution in [0.1, 0.15) is 11.1 Å². The van der Waals surface area contributed by atoms with Crippen LogP contribution in [0.5, 0.6) is 0 Å². The summed E-state index contributed by atoms with van der Waals surface area (Å²) in [7, 11) is 0. The SMILES string of the molecule is Fc1ccccc1C=NN=C(c1ccccc1)C12CN3CN(CN(C3)C1)C2. The van der Waals surface area contributed by atoms with Gasteiger partial charge in [0.15, 0.2) is 0 Å². The van der Waals surface area contributed by atoms with Gasteiger partial charge in [0.2, 0.25) is 0 Å². The first-order valence-corrected chi connectivity index (χ1v) is 9.30. The van der Waals surface area contributed by atoms with Crippen molar-refractivity contribution in [2.24, 2.45) is 15.6 Å². The van der Waals surface area contributed by atoms with Crippen molar-refractivity contribution in [3.05, 3.63) is 71.5 Å². The Morgan fingerprint density at radius 1 is 0.852 bits per heavy atom. The Kier molecular flexibility index (Phi) is 4.11. The van der Waals surface area contributed by atoms with Crippen LogP contribution in [0, 0.1) is 11.2 Å². The van der Waals surface area contributed by atoms with Crippen molar-refractivity contribution >= 4 is 11.9 Å². The highest BCUT2D eigenvalue weighted by molar-refractivity contribution is 6.05. The second-order valence-electron chi connectivity index (χ2n) is 7.77. The minimum atomic E-state index is -0.282. The first-order valence-electron chi connectivity index (χ1n) is 9.30. The molecule has 0 radical (unpaired) electrons. The van der Waals surface area contributed by atoms with E-state index in [1.165, 1.54) is 12.3 Å². The average molecular weight is 363 g/mol. The molecule has 5 nitrogen and oxygen atoms in total. The van der Waals surface area contributed by atoms with Crippen LogP contribution in [0.15, 0.2) is 64.8 Å². The van der Waals surface area contributed by atoms with E-state index in [0.717, 1.165) is 50.9 Å². The second kappa shape index (κ2) is 6.64. The summed E-state index contributed by atoms with van der Waals surface area (Å²) in [6.07, 6.45) is 1.51. The highest BCUT2D eigenvalue weighted by Gasteiger charge is 2.51. The Hall–Kier alpha value is -2.41. The molecule has 2 aromatic carbocycles. The zero-order valence-corrected chi connectivity index (χ0v) is 15.1. The van der Waals surface area contributed by atoms with Crippen molar-refractivity contribution < 1.29 is 4.39 Å². The first kappa shape index (κ1) is 16.7. The van der Waals surface area contributed by atoms with Crippen LogP contribution in [0.25, 0.3) is 0 Å². The van der Waals surface area contributed by atoms with Crippen LogP contribution >= 0.6 is 0 Å². The maximum atomic E-state index is 13.9. The van der Waals surface area contributed by atoms with Gasteiger partial charge in [0, 0.05) is 25.2 Å². The third-order valence-corrected chi connectivity index (χ3v) is 5.59. The topological polar surface area (TPSA) is 34.4 Å². The fourth-order valence-corrected chi connectivity index (χ4v) is 4.74. The standard InChI is InChI=1S/C21H22FN5/c22-19-9-5-4-8-18(19)10-23-24-20(17-6-2-1-3-7-17)21-11-25-14-26(12-21)16-27(13-21)15-25/h1-10H,11-16H2. The summed E-state index contributed by atoms with van der Waals surface area (Å²) in [6, 6.07) is 16.9. The molecule has 2 aromatic rings. The maximum absolute atomic E-state index is 13.9. The smallest absolute Gasteiger partial charge is 0.132 e. The summed E-state index contributed by atoms with van der Waals surface area (Å²) < 4.78 is 13.9. The fourth-order valence-electron chi connectivity index (χ4n) is 4.74. The Labute approximate surface area is 158 Å². The molecule has 4 bridgehead atoms. The number of hydrogen-bond donors (Lipinski definition) is 0. The molecule has 0 N–H and O–H groups in total. The van der Waals surface area contributed by atoms with Gasteiger partial charge in [-0.1, -0.05) is 48.5 Å². The largest absolute Gasteiger partial charge is 0.276 e. The third-order valence-electron chi connectivity index (χ3n) is 5.59. The van der Waals surface area contributed by atoms with Gasteiger partial charge in [-0.3, -0.25) is 14.7 Å². The molecule has 0 spiro atoms. The van der Waals surface area contributed by atoms with Gasteiger partial charge in [0.25, 0.3) is 0 Å². The van der Waals surface area contributed by atoms with Crippen molar-refractivity contribution in [1.82, 2.24) is 14.7 Å². The fraction of sp³-hybridized carbons (Fsp3) is 0.333. The molecule has 6 rings (SSSR count). The highest BCUT2D eigenvalue weighted by Crippen LogP contribution is 2.38. The lowest BCUT2D eigenvalue weighted by Gasteiger charge is -2.60. The number of hydrogen-bond acceptors (Lipinski definition) is 5. The van der Waals surface area contributed by atoms with E-state index in [-0.39, 0.29) is 11.2 Å². The van der Waals surface area contributed by atoms with Crippen LogP contribution < -0.4 is 0 Å². The highest BCUT2D eigenvalue weighted by atomic mass is 19.1. The monoisotopic (exact) mass is 363 g/mol. The lowest BCUT2D eigenvalue weighted by molar-refractivity contribution is -0.149. The minimum Gasteiger partial charge on any atom is -0.276 e. The van der Waals surface area contributed by atoms with E-state index < -0.39 is 0 Å². The zero-order chi connectivity index (χ0) is 18.3. The van der Waals surface area contributed by atoms with E-state index in [1.54, 1.807) is 18.2 Å². The van der Waals surface area contributed by atoms with E-state index in [1.807, 2.05) is 18.2 Å². The van der Waals surface area contributed by atoms with Crippen LogP contribution in [-0.4, -0.2) is 66.3 Å². The van der Waals surface area contributed by atoms with Gasteiger partial charge in [-0.2, -0.15) is 10.2 Å². The Morgan fingerprint density at radius 2 is 1.44 bits per heavy atom. The first-order chi connectivity index (χ1) is 13.2. The second-order valence-corrected chi connectivity index (χ2v) is 7.77. The Morgan fingerprint density at radius 3 is 2.07 bits per heavy atom. The molecular weight excluding hydrogens is 341 g/mol. The number of halogens is 1. The molecule has 4 aliphatic rings. The van der Waals surface area contributed by atoms with Gasteiger partial charge in [-0.25, -0.2) is 4.39 Å². The summed E-state index contributed by atoms with van der Waals surface area (Å²) in [4.78, 5) is 7.40. The summed E-state index contributed by atoms with van der Waals surface area (Å²) in [5.41, 5.74) is 2.47. The molecular formula is C21H22FN5. The molecule has 0 unspecified atom stereocenters. The van der Waals surface area contributed by atoms with Gasteiger partial charge in [-0.15, -0.1) is 0 Å². The predicted octanol–water partition coefficient (Wildman–Crippen LogP) is 2.45. The average Bonchev–Trinajstić information content (AvgIpc) is 2.66. The predicted molar refractivity (Wildman–Crippen MR) is 104 cm³/mol. The maximum Gasteiger partial charge on any atom is 0.132 e. The molecule has 6 heteroatoms. The van der Waals surface area contributed by atoms with E-state index >= 15 is 0 Å². The summed E-state index contributed by atoms with van der Waals surface area (Å²) >= 11 is 0. The van der Waals surface area contributed by atoms with Gasteiger partial charge in [0.1, 0.15) is 5.82 Å². The third kappa shape index (κ3) is 3.10.